The van der Waals surface area contributed by atoms with Crippen molar-refractivity contribution in [2.24, 2.45) is 5.92 Å². The highest BCUT2D eigenvalue weighted by Gasteiger charge is 2.29. The first-order valence-corrected chi connectivity index (χ1v) is 11.2. The summed E-state index contributed by atoms with van der Waals surface area (Å²) >= 11 is 0. The predicted molar refractivity (Wildman–Crippen MR) is 126 cm³/mol. The second-order valence-electron chi connectivity index (χ2n) is 9.00. The van der Waals surface area contributed by atoms with Crippen molar-refractivity contribution in [1.29, 1.82) is 5.26 Å². The Bertz CT molecular complexity index is 1040. The van der Waals surface area contributed by atoms with Gasteiger partial charge in [-0.05, 0) is 55.9 Å². The molecule has 6 heteroatoms. The Balaban J connectivity index is 1.80. The fraction of sp³-hybridized carbons (Fsp3) is 0.423. The van der Waals surface area contributed by atoms with Gasteiger partial charge in [-0.25, -0.2) is 0 Å². The highest BCUT2D eigenvalue weighted by Crippen LogP contribution is 2.21. The summed E-state index contributed by atoms with van der Waals surface area (Å²) in [6.07, 6.45) is 3.92. The Hall–Kier alpha value is -3.33. The Morgan fingerprint density at radius 3 is 2.50 bits per heavy atom. The molecule has 2 N–H and O–H groups in total. The molecule has 1 fully saturated rings. The van der Waals surface area contributed by atoms with Crippen LogP contribution in [0.15, 0.2) is 42.0 Å². The van der Waals surface area contributed by atoms with Crippen LogP contribution in [0, 0.1) is 31.1 Å². The molecule has 1 heterocycles. The fourth-order valence-electron chi connectivity index (χ4n) is 3.75. The molecule has 3 rings (SSSR count). The van der Waals surface area contributed by atoms with Crippen molar-refractivity contribution in [3.05, 3.63) is 64.5 Å². The van der Waals surface area contributed by atoms with E-state index in [9.17, 15) is 14.9 Å². The van der Waals surface area contributed by atoms with Gasteiger partial charge in [0.25, 0.3) is 5.91 Å². The Morgan fingerprint density at radius 2 is 1.91 bits per heavy atom. The molecular formula is C26H32N4O2. The first kappa shape index (κ1) is 23.3. The summed E-state index contributed by atoms with van der Waals surface area (Å²) in [6, 6.07) is 13.0. The van der Waals surface area contributed by atoms with Gasteiger partial charge in [-0.1, -0.05) is 44.2 Å². The maximum absolute atomic E-state index is 13.0. The van der Waals surface area contributed by atoms with Crippen LogP contribution < -0.4 is 10.6 Å². The summed E-state index contributed by atoms with van der Waals surface area (Å²) in [6.45, 7) is 9.21. The number of aryl methyl sites for hydroxylation is 1. The average molecular weight is 433 g/mol. The predicted octanol–water partition coefficient (Wildman–Crippen LogP) is 3.67. The summed E-state index contributed by atoms with van der Waals surface area (Å²) < 4.78 is 2.20. The molecule has 0 aliphatic heterocycles. The molecule has 2 aromatic rings. The lowest BCUT2D eigenvalue weighted by Crippen LogP contribution is -2.48. The molecular weight excluding hydrogens is 400 g/mol. The lowest BCUT2D eigenvalue weighted by atomic mass is 10.0. The number of nitrogens with zero attached hydrogens (tertiary/aromatic N) is 2. The van der Waals surface area contributed by atoms with Crippen molar-refractivity contribution in [3.63, 3.8) is 0 Å². The number of benzene rings is 1. The van der Waals surface area contributed by atoms with E-state index in [-0.39, 0.29) is 17.5 Å². The minimum Gasteiger partial charge on any atom is -0.352 e. The molecule has 1 aromatic carbocycles. The second kappa shape index (κ2) is 10.3. The topological polar surface area (TPSA) is 86.9 Å². The van der Waals surface area contributed by atoms with Crippen LogP contribution in [0.25, 0.3) is 6.08 Å². The normalized spacial score (nSPS) is 14.7. The van der Waals surface area contributed by atoms with Gasteiger partial charge in [0.2, 0.25) is 5.91 Å². The van der Waals surface area contributed by atoms with Crippen molar-refractivity contribution in [1.82, 2.24) is 15.2 Å². The molecule has 0 radical (unpaired) electrons. The quantitative estimate of drug-likeness (QED) is 0.468. The standard InChI is InChI=1S/C26H32N4O2/c1-17(2)16-30-18(3)12-21(19(30)4)14-22(15-27)25(31)29-24(26(32)28-23-10-11-23)13-20-8-6-5-7-9-20/h5-9,12,14,17,23-24H,10-11,13,16H2,1-4H3,(H,28,32)(H,29,31)/b22-14-. The maximum atomic E-state index is 13.0. The van der Waals surface area contributed by atoms with Gasteiger partial charge < -0.3 is 15.2 Å². The minimum absolute atomic E-state index is 0.00733. The number of amides is 2. The first-order valence-electron chi connectivity index (χ1n) is 11.2. The van der Waals surface area contributed by atoms with Crippen molar-refractivity contribution in [2.45, 2.75) is 65.6 Å². The molecule has 6 nitrogen and oxygen atoms in total. The van der Waals surface area contributed by atoms with E-state index >= 15 is 0 Å². The van der Waals surface area contributed by atoms with Gasteiger partial charge in [0.1, 0.15) is 17.7 Å². The van der Waals surface area contributed by atoms with Crippen LogP contribution in [0.3, 0.4) is 0 Å². The molecule has 0 spiro atoms. The number of nitrogens with one attached hydrogen (secondary N) is 2. The number of carbonyl (C=O) groups is 2. The summed E-state index contributed by atoms with van der Waals surface area (Å²) in [4.78, 5) is 25.8. The third-order valence-electron chi connectivity index (χ3n) is 5.65. The maximum Gasteiger partial charge on any atom is 0.262 e. The Labute approximate surface area is 190 Å². The van der Waals surface area contributed by atoms with Crippen LogP contribution in [0.5, 0.6) is 0 Å². The first-order chi connectivity index (χ1) is 15.3. The Morgan fingerprint density at radius 1 is 1.22 bits per heavy atom. The van der Waals surface area contributed by atoms with Crippen LogP contribution in [-0.2, 0) is 22.6 Å². The summed E-state index contributed by atoms with van der Waals surface area (Å²) in [5.41, 5.74) is 3.89. The third kappa shape index (κ3) is 6.10. The van der Waals surface area contributed by atoms with Crippen molar-refractivity contribution in [2.75, 3.05) is 0 Å². The number of hydrogen-bond donors (Lipinski definition) is 2. The van der Waals surface area contributed by atoms with Crippen LogP contribution >= 0.6 is 0 Å². The number of carbonyl (C=O) groups excluding carboxylic acids is 2. The lowest BCUT2D eigenvalue weighted by molar-refractivity contribution is -0.127. The van der Waals surface area contributed by atoms with E-state index in [1.165, 1.54) is 0 Å². The zero-order chi connectivity index (χ0) is 23.3. The van der Waals surface area contributed by atoms with E-state index < -0.39 is 11.9 Å². The van der Waals surface area contributed by atoms with E-state index in [1.807, 2.05) is 56.3 Å². The summed E-state index contributed by atoms with van der Waals surface area (Å²) in [5.74, 6) is -0.260. The monoisotopic (exact) mass is 432 g/mol. The molecule has 1 aromatic heterocycles. The highest BCUT2D eigenvalue weighted by molar-refractivity contribution is 6.03. The van der Waals surface area contributed by atoms with Gasteiger partial charge in [0.05, 0.1) is 0 Å². The number of rotatable bonds is 9. The van der Waals surface area contributed by atoms with Crippen LogP contribution in [0.4, 0.5) is 0 Å². The third-order valence-corrected chi connectivity index (χ3v) is 5.65. The largest absolute Gasteiger partial charge is 0.352 e. The smallest absolute Gasteiger partial charge is 0.262 e. The van der Waals surface area contributed by atoms with Crippen LogP contribution in [0.1, 0.15) is 49.2 Å². The van der Waals surface area contributed by atoms with Gasteiger partial charge in [-0.2, -0.15) is 5.26 Å². The molecule has 1 unspecified atom stereocenters. The van der Waals surface area contributed by atoms with Crippen molar-refractivity contribution in [3.8, 4) is 6.07 Å². The number of aromatic nitrogens is 1. The minimum atomic E-state index is -0.740. The van der Waals surface area contributed by atoms with Crippen LogP contribution in [-0.4, -0.2) is 28.5 Å². The van der Waals surface area contributed by atoms with E-state index in [4.69, 9.17) is 0 Å². The summed E-state index contributed by atoms with van der Waals surface area (Å²) in [7, 11) is 0. The average Bonchev–Trinajstić information content (AvgIpc) is 3.53. The number of hydrogen-bond acceptors (Lipinski definition) is 3. The van der Waals surface area contributed by atoms with E-state index in [1.54, 1.807) is 6.08 Å². The molecule has 1 aliphatic rings. The molecule has 1 atom stereocenters. The Kier molecular flexibility index (Phi) is 7.53. The fourth-order valence-corrected chi connectivity index (χ4v) is 3.75. The molecule has 0 bridgehead atoms. The molecule has 1 saturated carbocycles. The second-order valence-corrected chi connectivity index (χ2v) is 9.00. The van der Waals surface area contributed by atoms with Crippen molar-refractivity contribution >= 4 is 17.9 Å². The zero-order valence-corrected chi connectivity index (χ0v) is 19.3. The van der Waals surface area contributed by atoms with Gasteiger partial charge in [0, 0.05) is 30.4 Å². The molecule has 32 heavy (non-hydrogen) atoms. The molecule has 2 amide bonds. The van der Waals surface area contributed by atoms with Gasteiger partial charge in [0.15, 0.2) is 0 Å². The van der Waals surface area contributed by atoms with Gasteiger partial charge >= 0.3 is 0 Å². The molecule has 0 saturated heterocycles. The van der Waals surface area contributed by atoms with E-state index in [0.717, 1.165) is 41.9 Å². The number of nitriles is 1. The van der Waals surface area contributed by atoms with Crippen LogP contribution in [0.2, 0.25) is 0 Å². The zero-order valence-electron chi connectivity index (χ0n) is 19.3. The lowest BCUT2D eigenvalue weighted by Gasteiger charge is -2.18. The highest BCUT2D eigenvalue weighted by atomic mass is 16.2. The van der Waals surface area contributed by atoms with E-state index in [2.05, 4.69) is 29.0 Å². The van der Waals surface area contributed by atoms with Gasteiger partial charge in [-0.3, -0.25) is 9.59 Å². The van der Waals surface area contributed by atoms with Crippen molar-refractivity contribution < 1.29 is 9.59 Å². The molecule has 168 valence electrons. The molecule has 1 aliphatic carbocycles. The summed E-state index contributed by atoms with van der Waals surface area (Å²) in [5, 5.41) is 15.4. The van der Waals surface area contributed by atoms with Gasteiger partial charge in [-0.15, -0.1) is 0 Å². The van der Waals surface area contributed by atoms with E-state index in [0.29, 0.717) is 12.3 Å². The SMILES string of the molecule is Cc1cc(/C=C(/C#N)C(=O)NC(Cc2ccccc2)C(=O)NC2CC2)c(C)n1CC(C)C.